The van der Waals surface area contributed by atoms with Gasteiger partial charge in [-0.25, -0.2) is 4.79 Å². The van der Waals surface area contributed by atoms with E-state index in [1.807, 2.05) is 65.8 Å². The lowest BCUT2D eigenvalue weighted by molar-refractivity contribution is -0.144. The van der Waals surface area contributed by atoms with Gasteiger partial charge < -0.3 is 113 Å². The van der Waals surface area contributed by atoms with Gasteiger partial charge in [0.05, 0.1) is 19.2 Å². The number of nitrogens with two attached hydrogens (primary N) is 6. The van der Waals surface area contributed by atoms with E-state index in [-0.39, 0.29) is 126 Å². The van der Waals surface area contributed by atoms with Crippen molar-refractivity contribution in [1.82, 2.24) is 68.0 Å². The third-order valence-corrected chi connectivity index (χ3v) is 17.6. The van der Waals surface area contributed by atoms with E-state index in [0.717, 1.165) is 16.5 Å². The van der Waals surface area contributed by atoms with Crippen molar-refractivity contribution in [3.05, 3.63) is 36.0 Å². The Labute approximate surface area is 606 Å². The zero-order valence-corrected chi connectivity index (χ0v) is 61.1. The molecule has 4 rings (SSSR count). The number of carboxylic acids is 1. The van der Waals surface area contributed by atoms with Gasteiger partial charge in [-0.05, 0) is 146 Å². The van der Waals surface area contributed by atoms with Crippen LogP contribution in [0.15, 0.2) is 40.4 Å². The first kappa shape index (κ1) is 86.7. The maximum atomic E-state index is 14.4. The Bertz CT molecular complexity index is 3320. The molecule has 0 saturated carbocycles. The number of para-hydroxylation sites is 1. The minimum Gasteiger partial charge on any atom is -0.480 e. The molecule has 0 bridgehead atoms. The first-order chi connectivity index (χ1) is 49.1. The van der Waals surface area contributed by atoms with Gasteiger partial charge in [-0.1, -0.05) is 59.7 Å². The number of aliphatic hydroxyl groups is 1. The fourth-order valence-corrected chi connectivity index (χ4v) is 12.2. The summed E-state index contributed by atoms with van der Waals surface area (Å²) in [5.74, 6) is -11.3. The lowest BCUT2D eigenvalue weighted by atomic mass is 10.0. The van der Waals surface area contributed by atoms with Crippen LogP contribution in [0.1, 0.15) is 151 Å². The monoisotopic (exact) mass is 1460 g/mol. The van der Waals surface area contributed by atoms with Gasteiger partial charge in [0, 0.05) is 43.3 Å². The van der Waals surface area contributed by atoms with Gasteiger partial charge in [-0.3, -0.25) is 67.5 Å². The molecule has 0 spiro atoms. The standard InChI is InChI=1S/C68H113N21O15/c1-36(2)29-48(59(96)84-47(66(103)104)19-11-12-24-69)81-54(91)34-78-62(99)52-22-15-28-89(52)65(102)50(31-38(5)6)86-63(100)53-23-16-27-88(53)64(101)40(8)80-61(98)51(35-90)87-55(92)39(7)79-57(94)45(20-13-25-75-67(71)72)82-58(95)46(21-14-26-76-68(73)74)83-60(97)49(30-37(3)4)85-56(93)43(70)32-41-33-77-44-18-10-9-17-42(41)44/h9-10,17-18,33,36-40,43,45-53,77,90H,11-16,19-32,34-35,69-70H2,1-8H3,(H,78,99)(H,79,94)(H,80,98)(H,81,91)(H,82,95)(H,83,97)(H,84,96)(H,85,93)(H,86,100)(H,87,92)(H,103,104)(H4,71,72,75)(H4,73,74,76)/t39-,40-,43-,45-,46-,47-,48-,49-,50-,51-,52-,53-/m0/s1. The number of likely N-dealkylation sites (tertiary alicyclic amines) is 2. The predicted octanol–water partition coefficient (Wildman–Crippen LogP) is -4.01. The number of H-pyrrole nitrogens is 1. The average molecular weight is 1460 g/mol. The summed E-state index contributed by atoms with van der Waals surface area (Å²) < 4.78 is 0. The van der Waals surface area contributed by atoms with Crippen molar-refractivity contribution in [1.29, 1.82) is 0 Å². The highest BCUT2D eigenvalue weighted by atomic mass is 16.4. The Balaban J connectivity index is 1.40. The Morgan fingerprint density at radius 3 is 1.53 bits per heavy atom. The lowest BCUT2D eigenvalue weighted by Crippen LogP contribution is -2.60. The Morgan fingerprint density at radius 1 is 0.529 bits per heavy atom. The SMILES string of the molecule is CC(C)C[C@H](NC(=O)CNC(=O)[C@@H]1CCCN1C(=O)[C@H](CC(C)C)NC(=O)[C@@H]1CCCN1C(=O)[C@H](C)NC(=O)[C@H](CO)NC(=O)[C@H](C)NC(=O)[C@H](CCCN=C(N)N)NC(=O)[C@H](CCCN=C(N)N)NC(=O)[C@H](CC(C)C)NC(=O)[C@@H](N)Cc1c[nH]c2ccccc12)C(=O)N[C@@H](CCCCN)C(=O)O. The lowest BCUT2D eigenvalue weighted by Gasteiger charge is -2.32. The fourth-order valence-electron chi connectivity index (χ4n) is 12.2. The van der Waals surface area contributed by atoms with Crippen molar-refractivity contribution < 1.29 is 72.5 Å². The van der Waals surface area contributed by atoms with Gasteiger partial charge in [0.15, 0.2) is 11.9 Å². The van der Waals surface area contributed by atoms with E-state index < -0.39 is 163 Å². The van der Waals surface area contributed by atoms with E-state index in [9.17, 15) is 72.5 Å². The number of amides is 12. The number of carbonyl (C=O) groups is 13. The summed E-state index contributed by atoms with van der Waals surface area (Å²) in [6.45, 7) is 12.6. The van der Waals surface area contributed by atoms with E-state index in [4.69, 9.17) is 34.4 Å². The number of benzene rings is 1. The third-order valence-electron chi connectivity index (χ3n) is 17.6. The highest BCUT2D eigenvalue weighted by Crippen LogP contribution is 2.24. The van der Waals surface area contributed by atoms with Crippen LogP contribution in [0.3, 0.4) is 0 Å². The molecule has 2 saturated heterocycles. The molecule has 1 aromatic heterocycles. The number of hydrogen-bond donors (Lipinski definition) is 19. The Kier molecular flexibility index (Phi) is 36.2. The number of aliphatic imine (C=N–C) groups is 2. The van der Waals surface area contributed by atoms with Gasteiger partial charge in [0.2, 0.25) is 70.9 Å². The summed E-state index contributed by atoms with van der Waals surface area (Å²) in [6.07, 6.45) is 4.74. The average Bonchev–Trinajstić information content (AvgIpc) is 1.65. The fraction of sp³-hybridized carbons (Fsp3) is 0.662. The smallest absolute Gasteiger partial charge is 0.326 e. The molecule has 0 aliphatic carbocycles. The number of carboxylic acid groups (broad SMARTS) is 1. The number of aliphatic carboxylic acids is 1. The zero-order valence-electron chi connectivity index (χ0n) is 61.1. The van der Waals surface area contributed by atoms with Crippen LogP contribution in [0.25, 0.3) is 10.9 Å². The topological polar surface area (TPSA) is 586 Å². The van der Waals surface area contributed by atoms with Gasteiger partial charge in [0.1, 0.15) is 66.5 Å². The van der Waals surface area contributed by atoms with E-state index in [1.54, 1.807) is 6.20 Å². The summed E-state index contributed by atoms with van der Waals surface area (Å²) in [6, 6.07) is -7.62. The van der Waals surface area contributed by atoms with Crippen molar-refractivity contribution in [2.24, 2.45) is 62.1 Å². The van der Waals surface area contributed by atoms with E-state index >= 15 is 0 Å². The zero-order chi connectivity index (χ0) is 77.5. The first-order valence-electron chi connectivity index (χ1n) is 35.7. The minimum absolute atomic E-state index is 0.0102. The second-order valence-electron chi connectivity index (χ2n) is 27.8. The molecule has 580 valence electrons. The second-order valence-corrected chi connectivity index (χ2v) is 27.8. The number of carbonyl (C=O) groups excluding carboxylic acids is 12. The van der Waals surface area contributed by atoms with Crippen LogP contribution < -0.4 is 87.6 Å². The molecule has 2 aliphatic heterocycles. The number of rotatable bonds is 44. The van der Waals surface area contributed by atoms with Crippen molar-refractivity contribution >= 4 is 99.7 Å². The number of fused-ring (bicyclic) bond motifs is 1. The molecule has 36 heteroatoms. The maximum Gasteiger partial charge on any atom is 0.326 e. The molecule has 12 amide bonds. The summed E-state index contributed by atoms with van der Waals surface area (Å²) >= 11 is 0. The van der Waals surface area contributed by atoms with Gasteiger partial charge in [-0.2, -0.15) is 0 Å². The number of guanidine groups is 2. The van der Waals surface area contributed by atoms with Crippen molar-refractivity contribution in [3.63, 3.8) is 0 Å². The molecular formula is C68H113N21O15. The first-order valence-corrected chi connectivity index (χ1v) is 35.7. The molecule has 2 aliphatic rings. The van der Waals surface area contributed by atoms with Crippen molar-refractivity contribution in [3.8, 4) is 0 Å². The van der Waals surface area contributed by atoms with Crippen LogP contribution in [0.2, 0.25) is 0 Å². The summed E-state index contributed by atoms with van der Waals surface area (Å²) in [4.78, 5) is 192. The third kappa shape index (κ3) is 28.5. The molecule has 36 nitrogen and oxygen atoms in total. The van der Waals surface area contributed by atoms with Gasteiger partial charge in [-0.15, -0.1) is 0 Å². The Morgan fingerprint density at radius 2 is 0.990 bits per heavy atom. The molecule has 0 radical (unpaired) electrons. The molecular weight excluding hydrogens is 1350 g/mol. The predicted molar refractivity (Wildman–Crippen MR) is 387 cm³/mol. The van der Waals surface area contributed by atoms with E-state index in [0.29, 0.717) is 32.2 Å². The number of aromatic nitrogens is 1. The van der Waals surface area contributed by atoms with E-state index in [2.05, 4.69) is 68.1 Å². The second kappa shape index (κ2) is 43.4. The Hall–Kier alpha value is -9.71. The minimum atomic E-state index is -1.69. The number of nitrogens with zero attached hydrogens (tertiary/aromatic N) is 4. The van der Waals surface area contributed by atoms with Crippen LogP contribution in [-0.4, -0.2) is 232 Å². The number of unbranched alkanes of at least 4 members (excludes halogenated alkanes) is 1. The quantitative estimate of drug-likeness (QED) is 0.0171. The van der Waals surface area contributed by atoms with Crippen LogP contribution in [-0.2, 0) is 68.7 Å². The van der Waals surface area contributed by atoms with Crippen LogP contribution >= 0.6 is 0 Å². The van der Waals surface area contributed by atoms with Crippen molar-refractivity contribution in [2.45, 2.75) is 224 Å². The van der Waals surface area contributed by atoms with Gasteiger partial charge >= 0.3 is 5.97 Å². The molecule has 12 atom stereocenters. The number of aromatic amines is 1. The molecule has 104 heavy (non-hydrogen) atoms. The molecule has 2 aromatic rings. The van der Waals surface area contributed by atoms with E-state index in [1.165, 1.54) is 23.6 Å². The maximum absolute atomic E-state index is 14.4. The largest absolute Gasteiger partial charge is 0.480 e. The number of aliphatic hydroxyl groups excluding tert-OH is 1. The van der Waals surface area contributed by atoms with Crippen LogP contribution in [0, 0.1) is 17.8 Å². The number of nitrogens with one attached hydrogen (secondary N) is 11. The summed E-state index contributed by atoms with van der Waals surface area (Å²) in [5.41, 5.74) is 35.8. The molecule has 3 heterocycles. The van der Waals surface area contributed by atoms with Gasteiger partial charge in [0.25, 0.3) is 0 Å². The van der Waals surface area contributed by atoms with Crippen molar-refractivity contribution in [2.75, 3.05) is 45.9 Å². The number of hydrogen-bond acceptors (Lipinski definition) is 18. The summed E-state index contributed by atoms with van der Waals surface area (Å²) in [5, 5.41) is 46.9. The highest BCUT2D eigenvalue weighted by molar-refractivity contribution is 6.00. The molecule has 0 unspecified atom stereocenters. The highest BCUT2D eigenvalue weighted by Gasteiger charge is 2.42. The van der Waals surface area contributed by atoms with Crippen LogP contribution in [0.5, 0.6) is 0 Å². The molecule has 1 aromatic carbocycles. The molecule has 25 N–H and O–H groups in total. The summed E-state index contributed by atoms with van der Waals surface area (Å²) in [7, 11) is 0. The molecule has 2 fully saturated rings. The van der Waals surface area contributed by atoms with Crippen LogP contribution in [0.4, 0.5) is 0 Å². The normalized spacial score (nSPS) is 17.1.